The van der Waals surface area contributed by atoms with Crippen molar-refractivity contribution >= 4 is 51.9 Å². The maximum Gasteiger partial charge on any atom is 0.262 e. The molecule has 1 atom stereocenters. The van der Waals surface area contributed by atoms with Crippen molar-refractivity contribution < 1.29 is 33.1 Å². The topological polar surface area (TPSA) is 195 Å². The first-order valence-corrected chi connectivity index (χ1v) is 22.1. The number of carbonyl (C=O) groups excluding carboxylic acids is 5. The first-order chi connectivity index (χ1) is 30.6. The van der Waals surface area contributed by atoms with E-state index in [-0.39, 0.29) is 47.4 Å². The second-order valence-electron chi connectivity index (χ2n) is 19.0. The third-order valence-corrected chi connectivity index (χ3v) is 14.4. The van der Waals surface area contributed by atoms with Gasteiger partial charge in [0.05, 0.1) is 33.5 Å². The van der Waals surface area contributed by atoms with Crippen LogP contribution in [0.1, 0.15) is 108 Å². The molecule has 0 spiro atoms. The smallest absolute Gasteiger partial charge is 0.262 e. The average Bonchev–Trinajstić information content (AvgIpc) is 3.52. The summed E-state index contributed by atoms with van der Waals surface area (Å²) in [5.41, 5.74) is 7.76. The number of piperazine rings is 1. The zero-order chi connectivity index (χ0) is 45.2. The summed E-state index contributed by atoms with van der Waals surface area (Å²) in [4.78, 5) is 80.6. The molecule has 16 heteroatoms. The molecule has 4 aromatic rings. The van der Waals surface area contributed by atoms with Gasteiger partial charge in [-0.1, -0.05) is 27.7 Å². The van der Waals surface area contributed by atoms with Crippen LogP contribution in [0, 0.1) is 33.9 Å². The maximum atomic E-state index is 15.9. The fraction of sp³-hybridized carbons (Fsp3) is 0.458. The molecule has 2 aromatic carbocycles. The number of hydrogen-bond donors (Lipinski definition) is 2. The number of rotatable bonds is 10. The van der Waals surface area contributed by atoms with Gasteiger partial charge in [-0.15, -0.1) is 0 Å². The number of imide groups is 2. The van der Waals surface area contributed by atoms with Crippen LogP contribution in [0.4, 0.5) is 15.9 Å². The Labute approximate surface area is 370 Å². The number of anilines is 2. The summed E-state index contributed by atoms with van der Waals surface area (Å²) in [5, 5.41) is 12.6. The van der Waals surface area contributed by atoms with Crippen molar-refractivity contribution in [3.63, 3.8) is 0 Å². The predicted molar refractivity (Wildman–Crippen MR) is 235 cm³/mol. The van der Waals surface area contributed by atoms with E-state index >= 15 is 4.39 Å². The van der Waals surface area contributed by atoms with E-state index in [1.54, 1.807) is 30.5 Å². The number of aromatic nitrogens is 2. The van der Waals surface area contributed by atoms with E-state index in [1.165, 1.54) is 6.07 Å². The van der Waals surface area contributed by atoms with Gasteiger partial charge >= 0.3 is 0 Å². The molecule has 0 bridgehead atoms. The van der Waals surface area contributed by atoms with E-state index < -0.39 is 52.2 Å². The number of ether oxygens (including phenoxy) is 1. The lowest BCUT2D eigenvalue weighted by Crippen LogP contribution is -2.64. The maximum absolute atomic E-state index is 15.9. The lowest BCUT2D eigenvalue weighted by Gasteiger charge is -2.63. The molecule has 6 heterocycles. The molecular formula is C48H52FN9O6. The van der Waals surface area contributed by atoms with Crippen LogP contribution >= 0.6 is 0 Å². The first kappa shape index (κ1) is 42.8. The van der Waals surface area contributed by atoms with Crippen LogP contribution in [0.3, 0.4) is 0 Å². The number of primary amides is 1. The lowest BCUT2D eigenvalue weighted by molar-refractivity contribution is -0.161. The number of piperidine rings is 2. The van der Waals surface area contributed by atoms with Gasteiger partial charge < -0.3 is 20.3 Å². The fourth-order valence-electron chi connectivity index (χ4n) is 11.4. The number of pyridine rings is 2. The van der Waals surface area contributed by atoms with Crippen LogP contribution in [-0.2, 0) is 9.59 Å². The number of nitriles is 1. The van der Waals surface area contributed by atoms with Gasteiger partial charge in [0.1, 0.15) is 24.0 Å². The van der Waals surface area contributed by atoms with Crippen molar-refractivity contribution in [2.45, 2.75) is 77.9 Å². The van der Waals surface area contributed by atoms with Gasteiger partial charge in [0.2, 0.25) is 11.8 Å². The molecular weight excluding hydrogens is 818 g/mol. The highest BCUT2D eigenvalue weighted by atomic mass is 19.1. The van der Waals surface area contributed by atoms with Gasteiger partial charge in [0, 0.05) is 79.7 Å². The van der Waals surface area contributed by atoms with Crippen LogP contribution in [0.2, 0.25) is 0 Å². The number of nitrogens with two attached hydrogens (primary N) is 1. The van der Waals surface area contributed by atoms with E-state index in [4.69, 9.17) is 15.5 Å². The van der Waals surface area contributed by atoms with E-state index in [0.717, 1.165) is 68.0 Å². The summed E-state index contributed by atoms with van der Waals surface area (Å²) in [6.45, 7) is 13.6. The quantitative estimate of drug-likeness (QED) is 0.199. The summed E-state index contributed by atoms with van der Waals surface area (Å²) in [6, 6.07) is 14.9. The molecule has 0 radical (unpaired) electrons. The number of hydrogen-bond acceptors (Lipinski definition) is 12. The first-order valence-electron chi connectivity index (χ1n) is 22.1. The highest BCUT2D eigenvalue weighted by Crippen LogP contribution is 2.65. The van der Waals surface area contributed by atoms with Crippen molar-refractivity contribution in [2.75, 3.05) is 55.6 Å². The van der Waals surface area contributed by atoms with Crippen LogP contribution in [0.15, 0.2) is 54.7 Å². The molecule has 2 aromatic heterocycles. The Bertz CT molecular complexity index is 2630. The van der Waals surface area contributed by atoms with Crippen LogP contribution in [0.25, 0.3) is 10.9 Å². The predicted octanol–water partition coefficient (Wildman–Crippen LogP) is 5.17. The number of nitrogens with zero attached hydrogens (tertiary/aromatic N) is 7. The second kappa shape index (κ2) is 16.3. The molecule has 5 amide bonds. The summed E-state index contributed by atoms with van der Waals surface area (Å²) in [7, 11) is 0. The number of nitrogens with one attached hydrogen (secondary N) is 1. The molecule has 4 fully saturated rings. The highest BCUT2D eigenvalue weighted by Gasteiger charge is 2.65. The number of fused-ring (bicyclic) bond motifs is 2. The molecule has 332 valence electrons. The Balaban J connectivity index is 0.808. The Morgan fingerprint density at radius 1 is 0.922 bits per heavy atom. The third-order valence-electron chi connectivity index (χ3n) is 14.4. The van der Waals surface area contributed by atoms with Gasteiger partial charge in [0.15, 0.2) is 11.6 Å². The number of halogens is 1. The monoisotopic (exact) mass is 869 g/mol. The Kier molecular flexibility index (Phi) is 10.9. The summed E-state index contributed by atoms with van der Waals surface area (Å²) >= 11 is 0. The average molecular weight is 870 g/mol. The largest absolute Gasteiger partial charge is 0.489 e. The Morgan fingerprint density at radius 3 is 2.33 bits per heavy atom. The van der Waals surface area contributed by atoms with Gasteiger partial charge in [-0.2, -0.15) is 5.26 Å². The van der Waals surface area contributed by atoms with E-state index in [1.807, 2.05) is 23.1 Å². The third kappa shape index (κ3) is 7.29. The summed E-state index contributed by atoms with van der Waals surface area (Å²) in [5.74, 6) is -2.37. The molecule has 1 saturated carbocycles. The van der Waals surface area contributed by atoms with Gasteiger partial charge in [-0.3, -0.25) is 44.1 Å². The van der Waals surface area contributed by atoms with E-state index in [9.17, 15) is 29.2 Å². The minimum atomic E-state index is -1.000. The highest BCUT2D eigenvalue weighted by molar-refractivity contribution is 6.23. The van der Waals surface area contributed by atoms with Crippen LogP contribution in [-0.4, -0.2) is 107 Å². The summed E-state index contributed by atoms with van der Waals surface area (Å²) < 4.78 is 22.7. The van der Waals surface area contributed by atoms with Crippen molar-refractivity contribution in [3.05, 3.63) is 88.5 Å². The fourth-order valence-corrected chi connectivity index (χ4v) is 11.4. The van der Waals surface area contributed by atoms with Crippen molar-refractivity contribution in [3.8, 4) is 11.8 Å². The SMILES string of the molecule is CC1(C)[C@H](Oc2ccc(C#N)c3ncccc23)C(C)(C)[C@H]1c1nc(N2CCC(CCN3CCN(c4ccc5c(c4)C(=O)N(C4CCC(=O)NC4=O)C5=O)CC3)CC2)c(F)cc1C(N)=O. The molecule has 9 rings (SSSR count). The molecule has 3 N–H and O–H groups in total. The zero-order valence-electron chi connectivity index (χ0n) is 36.5. The Hall–Kier alpha value is -6.47. The van der Waals surface area contributed by atoms with Crippen molar-refractivity contribution in [1.29, 1.82) is 5.26 Å². The van der Waals surface area contributed by atoms with E-state index in [2.05, 4.69) is 53.9 Å². The number of benzene rings is 2. The number of carbonyl (C=O) groups is 5. The molecule has 3 saturated heterocycles. The van der Waals surface area contributed by atoms with Gasteiger partial charge in [0.25, 0.3) is 17.7 Å². The standard InChI is InChI=1S/C48H52FN9O6/c1-47(2)40(48(3,4)46(47)64-36-11-7-28(26-50)38-31(36)6-5-16-52-38)39-33(41(51)60)25-34(49)42(54-39)57-18-14-27(15-19-57)13-17-55-20-22-56(23-21-55)29-8-9-30-32(24-29)45(63)58(44(30)62)35-10-12-37(59)53-43(35)61/h5-9,11,16,24-25,27,35,40,46H,10,12-15,17-23H2,1-4H3,(H2,51,60)(H,53,59,61)/t35?,40-,46-. The lowest BCUT2D eigenvalue weighted by atomic mass is 9.44. The van der Waals surface area contributed by atoms with Crippen LogP contribution < -0.4 is 25.6 Å². The molecule has 1 unspecified atom stereocenters. The summed E-state index contributed by atoms with van der Waals surface area (Å²) in [6.07, 6.45) is 4.25. The van der Waals surface area contributed by atoms with Gasteiger partial charge in [-0.25, -0.2) is 9.37 Å². The molecule has 1 aliphatic carbocycles. The van der Waals surface area contributed by atoms with Crippen LogP contribution in [0.5, 0.6) is 5.75 Å². The zero-order valence-corrected chi connectivity index (χ0v) is 36.5. The molecule has 64 heavy (non-hydrogen) atoms. The number of amides is 5. The minimum Gasteiger partial charge on any atom is -0.489 e. The Morgan fingerprint density at radius 2 is 1.64 bits per heavy atom. The minimum absolute atomic E-state index is 0.0714. The van der Waals surface area contributed by atoms with E-state index in [0.29, 0.717) is 41.5 Å². The van der Waals surface area contributed by atoms with Crippen molar-refractivity contribution in [1.82, 2.24) is 25.1 Å². The normalized spacial score (nSPS) is 23.4. The molecule has 15 nitrogen and oxygen atoms in total. The van der Waals surface area contributed by atoms with Gasteiger partial charge in [-0.05, 0) is 86.7 Å². The van der Waals surface area contributed by atoms with Crippen molar-refractivity contribution in [2.24, 2.45) is 22.5 Å². The molecule has 4 aliphatic heterocycles. The second-order valence-corrected chi connectivity index (χ2v) is 19.0. The molecule has 5 aliphatic rings.